The minimum atomic E-state index is 0.643. The number of rotatable bonds is 27. The van der Waals surface area contributed by atoms with Crippen molar-refractivity contribution in [2.45, 2.75) is 110 Å². The second kappa shape index (κ2) is 28.5. The molecule has 0 fully saturated rings. The summed E-state index contributed by atoms with van der Waals surface area (Å²) in [5, 5.41) is 3.20. The van der Waals surface area contributed by atoms with Crippen LogP contribution in [-0.2, 0) is 4.74 Å². The van der Waals surface area contributed by atoms with Crippen molar-refractivity contribution in [1.82, 2.24) is 10.2 Å². The molecule has 0 aromatic heterocycles. The van der Waals surface area contributed by atoms with E-state index in [4.69, 9.17) is 4.74 Å². The second-order valence-corrected chi connectivity index (χ2v) is 10.3. The third-order valence-electron chi connectivity index (χ3n) is 6.12. The first-order chi connectivity index (χ1) is 16.8. The van der Waals surface area contributed by atoms with Crippen molar-refractivity contribution in [3.05, 3.63) is 23.9 Å². The van der Waals surface area contributed by atoms with E-state index in [1.165, 1.54) is 110 Å². The molecule has 0 bridgehead atoms. The van der Waals surface area contributed by atoms with E-state index >= 15 is 0 Å². The summed E-state index contributed by atoms with van der Waals surface area (Å²) in [7, 11) is 2.59. The standard InChI is InChI=1S/C29H58N3OP/c1-5-8-17-22-32(24-20-21-31-27-29(30-4)28-34-7-3)23-18-15-13-11-10-12-14-16-19-26-33-25-9-6-2/h7,27-28,30,34H,3,5-6,8-26H2,1-2,4H3/b29-28+,31-27?. The molecule has 1 atom stereocenters. The lowest BCUT2D eigenvalue weighted by molar-refractivity contribution is 0.127. The molecule has 0 radical (unpaired) electrons. The number of unbranched alkanes of at least 4 members (excludes halogenated alkanes) is 11. The van der Waals surface area contributed by atoms with E-state index in [1.54, 1.807) is 0 Å². The number of hydrogen-bond acceptors (Lipinski definition) is 4. The Bertz CT molecular complexity index is 482. The van der Waals surface area contributed by atoms with Gasteiger partial charge in [-0.15, -0.1) is 0 Å². The molecule has 1 N–H and O–H groups in total. The van der Waals surface area contributed by atoms with Crippen LogP contribution in [0.4, 0.5) is 0 Å². The molecular formula is C29H58N3OP. The predicted octanol–water partition coefficient (Wildman–Crippen LogP) is 8.15. The van der Waals surface area contributed by atoms with Gasteiger partial charge < -0.3 is 15.0 Å². The van der Waals surface area contributed by atoms with Gasteiger partial charge in [0.25, 0.3) is 0 Å². The van der Waals surface area contributed by atoms with Crippen LogP contribution < -0.4 is 5.32 Å². The molecule has 0 aliphatic carbocycles. The van der Waals surface area contributed by atoms with Crippen molar-refractivity contribution in [3.63, 3.8) is 0 Å². The predicted molar refractivity (Wildman–Crippen MR) is 157 cm³/mol. The first kappa shape index (κ1) is 33.3. The minimum absolute atomic E-state index is 0.643. The number of ether oxygens (including phenoxy) is 1. The topological polar surface area (TPSA) is 36.9 Å². The molecule has 0 aromatic carbocycles. The van der Waals surface area contributed by atoms with E-state index in [0.29, 0.717) is 8.58 Å². The molecule has 0 aromatic rings. The Morgan fingerprint density at radius 1 is 0.794 bits per heavy atom. The quantitative estimate of drug-likeness (QED) is 0.0709. The van der Waals surface area contributed by atoms with Gasteiger partial charge in [-0.25, -0.2) is 0 Å². The van der Waals surface area contributed by atoms with E-state index in [0.717, 1.165) is 31.9 Å². The summed E-state index contributed by atoms with van der Waals surface area (Å²) in [4.78, 5) is 7.30. The Hall–Kier alpha value is -0.700. The Balaban J connectivity index is 3.82. The van der Waals surface area contributed by atoms with E-state index in [1.807, 2.05) is 19.1 Å². The smallest absolute Gasteiger partial charge is 0.0524 e. The van der Waals surface area contributed by atoms with Gasteiger partial charge in [-0.2, -0.15) is 0 Å². The Morgan fingerprint density at radius 3 is 1.97 bits per heavy atom. The number of allylic oxidation sites excluding steroid dienone is 1. The first-order valence-electron chi connectivity index (χ1n) is 14.3. The normalized spacial score (nSPS) is 12.5. The molecule has 0 heterocycles. The van der Waals surface area contributed by atoms with E-state index in [9.17, 15) is 0 Å². The number of hydrogen-bond donors (Lipinski definition) is 1. The van der Waals surface area contributed by atoms with Gasteiger partial charge in [-0.05, 0) is 57.6 Å². The second-order valence-electron chi connectivity index (χ2n) is 9.31. The van der Waals surface area contributed by atoms with Gasteiger partial charge in [0.15, 0.2) is 0 Å². The molecule has 5 heteroatoms. The molecule has 0 aliphatic heterocycles. The highest BCUT2D eigenvalue weighted by atomic mass is 31.1. The van der Waals surface area contributed by atoms with Crippen LogP contribution in [0.1, 0.15) is 110 Å². The van der Waals surface area contributed by atoms with Gasteiger partial charge >= 0.3 is 0 Å². The maximum Gasteiger partial charge on any atom is 0.0524 e. The van der Waals surface area contributed by atoms with Gasteiger partial charge in [-0.1, -0.05) is 99.0 Å². The fraction of sp³-hybridized carbons (Fsp3) is 0.828. The molecule has 0 saturated carbocycles. The van der Waals surface area contributed by atoms with Crippen LogP contribution in [0.2, 0.25) is 0 Å². The zero-order valence-electron chi connectivity index (χ0n) is 23.1. The van der Waals surface area contributed by atoms with Gasteiger partial charge in [0.2, 0.25) is 0 Å². The highest BCUT2D eigenvalue weighted by molar-refractivity contribution is 7.45. The maximum atomic E-state index is 5.64. The maximum absolute atomic E-state index is 5.64. The molecule has 200 valence electrons. The largest absolute Gasteiger partial charge is 0.387 e. The molecule has 4 nitrogen and oxygen atoms in total. The lowest BCUT2D eigenvalue weighted by atomic mass is 10.1. The molecule has 0 aliphatic rings. The lowest BCUT2D eigenvalue weighted by Gasteiger charge is -2.22. The number of nitrogens with one attached hydrogen (secondary N) is 1. The van der Waals surface area contributed by atoms with E-state index in [-0.39, 0.29) is 0 Å². The molecule has 34 heavy (non-hydrogen) atoms. The first-order valence-corrected chi connectivity index (χ1v) is 15.5. The van der Waals surface area contributed by atoms with Crippen molar-refractivity contribution >= 4 is 14.8 Å². The summed E-state index contributed by atoms with van der Waals surface area (Å²) in [6.45, 7) is 14.8. The monoisotopic (exact) mass is 495 g/mol. The summed E-state index contributed by atoms with van der Waals surface area (Å²) in [5.74, 6) is 4.09. The molecule has 0 rings (SSSR count). The van der Waals surface area contributed by atoms with Crippen LogP contribution in [0, 0.1) is 0 Å². The van der Waals surface area contributed by atoms with Crippen LogP contribution in [0.5, 0.6) is 0 Å². The van der Waals surface area contributed by atoms with Gasteiger partial charge in [-0.3, -0.25) is 4.99 Å². The summed E-state index contributed by atoms with van der Waals surface area (Å²) >= 11 is 0. The van der Waals surface area contributed by atoms with Crippen molar-refractivity contribution in [1.29, 1.82) is 0 Å². The Kier molecular flexibility index (Phi) is 27.9. The molecule has 1 unspecified atom stereocenters. The number of nitrogens with zero attached hydrogens (tertiary/aromatic N) is 2. The van der Waals surface area contributed by atoms with E-state index < -0.39 is 0 Å². The third-order valence-corrected chi connectivity index (χ3v) is 6.83. The van der Waals surface area contributed by atoms with Gasteiger partial charge in [0, 0.05) is 33.0 Å². The highest BCUT2D eigenvalue weighted by Gasteiger charge is 2.04. The fourth-order valence-corrected chi connectivity index (χ4v) is 4.43. The highest BCUT2D eigenvalue weighted by Crippen LogP contribution is 2.13. The van der Waals surface area contributed by atoms with Crippen molar-refractivity contribution in [2.75, 3.05) is 46.4 Å². The summed E-state index contributed by atoms with van der Waals surface area (Å²) < 4.78 is 5.64. The molecular weight excluding hydrogens is 437 g/mol. The van der Waals surface area contributed by atoms with Crippen LogP contribution in [0.15, 0.2) is 28.9 Å². The third kappa shape index (κ3) is 24.4. The molecule has 0 spiro atoms. The zero-order valence-corrected chi connectivity index (χ0v) is 24.1. The lowest BCUT2D eigenvalue weighted by Crippen LogP contribution is -2.27. The number of aliphatic imine (C=N–C) groups is 1. The molecule has 0 saturated heterocycles. The van der Waals surface area contributed by atoms with Crippen molar-refractivity contribution in [3.8, 4) is 0 Å². The molecule has 0 amide bonds. The van der Waals surface area contributed by atoms with Crippen LogP contribution >= 0.6 is 8.58 Å². The summed E-state index contributed by atoms with van der Waals surface area (Å²) in [5.41, 5.74) is 1.09. The average Bonchev–Trinajstić information content (AvgIpc) is 2.85. The fourth-order valence-electron chi connectivity index (χ4n) is 3.92. The van der Waals surface area contributed by atoms with Gasteiger partial charge in [0.1, 0.15) is 0 Å². The van der Waals surface area contributed by atoms with Crippen LogP contribution in [-0.4, -0.2) is 57.6 Å². The van der Waals surface area contributed by atoms with Crippen LogP contribution in [0.25, 0.3) is 0 Å². The van der Waals surface area contributed by atoms with Gasteiger partial charge in [0.05, 0.1) is 5.70 Å². The average molecular weight is 496 g/mol. The Morgan fingerprint density at radius 2 is 1.35 bits per heavy atom. The van der Waals surface area contributed by atoms with Crippen LogP contribution in [0.3, 0.4) is 0 Å². The summed E-state index contributed by atoms with van der Waals surface area (Å²) in [6, 6.07) is 0. The Labute approximate surface area is 215 Å². The zero-order chi connectivity index (χ0) is 25.0. The minimum Gasteiger partial charge on any atom is -0.387 e. The van der Waals surface area contributed by atoms with Crippen molar-refractivity contribution < 1.29 is 4.74 Å². The van der Waals surface area contributed by atoms with Crippen molar-refractivity contribution in [2.24, 2.45) is 4.99 Å². The van der Waals surface area contributed by atoms with E-state index in [2.05, 4.69) is 41.5 Å². The SMILES string of the molecule is C=CP/C=C(\C=NCCCN(CCCCC)CCCCCCCCCCCOCCCC)NC. The summed E-state index contributed by atoms with van der Waals surface area (Å²) in [6.07, 6.45) is 21.8.